The fourth-order valence-electron chi connectivity index (χ4n) is 12.1. The topological polar surface area (TPSA) is 95.9 Å². The Bertz CT molecular complexity index is 1150. The van der Waals surface area contributed by atoms with Crippen LogP contribution in [0.4, 0.5) is 0 Å². The molecule has 0 heterocycles. The summed E-state index contributed by atoms with van der Waals surface area (Å²) < 4.78 is 5.48. The Balaban J connectivity index is 3.35. The smallest absolute Gasteiger partial charge is 0.305 e. The second-order valence-electron chi connectivity index (χ2n) is 25.6. The van der Waals surface area contributed by atoms with Crippen LogP contribution in [0.2, 0.25) is 0 Å². The summed E-state index contributed by atoms with van der Waals surface area (Å²) in [5.74, 6) is -0.00799. The van der Waals surface area contributed by atoms with Crippen LogP contribution in [0.15, 0.2) is 0 Å². The molecule has 0 spiro atoms. The Labute approximate surface area is 496 Å². The SMILES string of the molecule is CCCCCCCCCCCCCCCCCCCCCCCCCCCC(O)C(CO)NC(=O)CCCCCCCCCCCCCCCCCCCCCCCCCCCCOC(=O)CCCCCCCCCCCCC. The largest absolute Gasteiger partial charge is 0.466 e. The highest BCUT2D eigenvalue weighted by Crippen LogP contribution is 2.20. The van der Waals surface area contributed by atoms with E-state index in [9.17, 15) is 19.8 Å². The molecule has 2 unspecified atom stereocenters. The van der Waals surface area contributed by atoms with E-state index in [4.69, 9.17) is 4.74 Å². The summed E-state index contributed by atoms with van der Waals surface area (Å²) in [5.41, 5.74) is 0. The average molecular weight is 1120 g/mol. The summed E-state index contributed by atoms with van der Waals surface area (Å²) in [5, 5.41) is 23.5. The van der Waals surface area contributed by atoms with Crippen LogP contribution >= 0.6 is 0 Å². The van der Waals surface area contributed by atoms with E-state index in [1.165, 1.54) is 360 Å². The molecule has 0 rings (SSSR count). The van der Waals surface area contributed by atoms with Crippen molar-refractivity contribution in [3.63, 3.8) is 0 Å². The number of unbranched alkanes of at least 4 members (excludes halogenated alkanes) is 59. The standard InChI is InChI=1S/C73H145NO5/c1-3-5-7-9-11-13-15-16-17-18-19-20-21-24-27-30-33-36-39-42-46-49-53-57-61-65-71(76)70(69-75)74-72(77)66-62-58-54-50-47-43-40-37-34-31-28-25-22-23-26-29-32-35-38-41-44-48-52-56-60-64-68-79-73(78)67-63-59-55-51-45-14-12-10-8-6-4-2/h70-71,75-76H,3-69H2,1-2H3,(H,74,77). The van der Waals surface area contributed by atoms with Gasteiger partial charge in [0.15, 0.2) is 0 Å². The molecular weight excluding hydrogens is 971 g/mol. The first-order valence-electron chi connectivity index (χ1n) is 36.8. The second kappa shape index (κ2) is 69.4. The third kappa shape index (κ3) is 65.9. The Morgan fingerprint density at radius 1 is 0.304 bits per heavy atom. The normalized spacial score (nSPS) is 12.4. The van der Waals surface area contributed by atoms with Gasteiger partial charge in [-0.3, -0.25) is 9.59 Å². The fraction of sp³-hybridized carbons (Fsp3) is 0.973. The number of carbonyl (C=O) groups excluding carboxylic acids is 2. The van der Waals surface area contributed by atoms with E-state index in [2.05, 4.69) is 19.2 Å². The highest BCUT2D eigenvalue weighted by Gasteiger charge is 2.20. The molecule has 0 radical (unpaired) electrons. The predicted octanol–water partition coefficient (Wildman–Crippen LogP) is 23.8. The minimum absolute atomic E-state index is 0.0184. The van der Waals surface area contributed by atoms with Crippen LogP contribution < -0.4 is 5.32 Å². The van der Waals surface area contributed by atoms with Gasteiger partial charge in [-0.05, 0) is 25.7 Å². The first-order chi connectivity index (χ1) is 39.0. The van der Waals surface area contributed by atoms with Crippen molar-refractivity contribution in [1.82, 2.24) is 5.32 Å². The van der Waals surface area contributed by atoms with E-state index < -0.39 is 12.1 Å². The quantitative estimate of drug-likeness (QED) is 0.0417. The fourth-order valence-corrected chi connectivity index (χ4v) is 12.1. The van der Waals surface area contributed by atoms with Gasteiger partial charge in [0.1, 0.15) is 0 Å². The summed E-state index contributed by atoms with van der Waals surface area (Å²) in [7, 11) is 0. The molecule has 0 aromatic heterocycles. The lowest BCUT2D eigenvalue weighted by Crippen LogP contribution is -2.45. The maximum atomic E-state index is 12.6. The van der Waals surface area contributed by atoms with Gasteiger partial charge in [-0.15, -0.1) is 0 Å². The summed E-state index contributed by atoms with van der Waals surface area (Å²) in [4.78, 5) is 24.6. The van der Waals surface area contributed by atoms with Gasteiger partial charge in [0.05, 0.1) is 25.4 Å². The minimum atomic E-state index is -0.663. The number of esters is 1. The number of amides is 1. The first kappa shape index (κ1) is 77.9. The van der Waals surface area contributed by atoms with Crippen LogP contribution in [-0.2, 0) is 14.3 Å². The Morgan fingerprint density at radius 3 is 0.772 bits per heavy atom. The van der Waals surface area contributed by atoms with Gasteiger partial charge in [-0.2, -0.15) is 0 Å². The van der Waals surface area contributed by atoms with Gasteiger partial charge in [0.2, 0.25) is 5.91 Å². The Morgan fingerprint density at radius 2 is 0.519 bits per heavy atom. The van der Waals surface area contributed by atoms with Crippen molar-refractivity contribution in [3.8, 4) is 0 Å². The minimum Gasteiger partial charge on any atom is -0.466 e. The number of aliphatic hydroxyl groups is 2. The Hall–Kier alpha value is -1.14. The van der Waals surface area contributed by atoms with E-state index in [-0.39, 0.29) is 18.5 Å². The molecule has 472 valence electrons. The maximum Gasteiger partial charge on any atom is 0.305 e. The average Bonchev–Trinajstić information content (AvgIpc) is 3.45. The number of ether oxygens (including phenoxy) is 1. The van der Waals surface area contributed by atoms with Crippen molar-refractivity contribution < 1.29 is 24.5 Å². The lowest BCUT2D eigenvalue weighted by Gasteiger charge is -2.22. The van der Waals surface area contributed by atoms with Crippen molar-refractivity contribution in [3.05, 3.63) is 0 Å². The summed E-state index contributed by atoms with van der Waals surface area (Å²) in [6.07, 6.45) is 84.5. The molecule has 0 saturated carbocycles. The molecule has 0 saturated heterocycles. The number of rotatable bonds is 70. The highest BCUT2D eigenvalue weighted by atomic mass is 16.5. The van der Waals surface area contributed by atoms with Crippen molar-refractivity contribution in [1.29, 1.82) is 0 Å². The van der Waals surface area contributed by atoms with Crippen LogP contribution in [0.5, 0.6) is 0 Å². The molecule has 1 amide bonds. The molecule has 0 aliphatic heterocycles. The molecule has 6 nitrogen and oxygen atoms in total. The van der Waals surface area contributed by atoms with Gasteiger partial charge in [-0.25, -0.2) is 0 Å². The molecule has 79 heavy (non-hydrogen) atoms. The zero-order chi connectivity index (χ0) is 57.1. The number of aliphatic hydroxyl groups excluding tert-OH is 2. The van der Waals surface area contributed by atoms with E-state index in [1.54, 1.807) is 0 Å². The van der Waals surface area contributed by atoms with Crippen LogP contribution in [0.1, 0.15) is 431 Å². The zero-order valence-electron chi connectivity index (χ0n) is 54.2. The Kier molecular flexibility index (Phi) is 68.4. The number of hydrogen-bond acceptors (Lipinski definition) is 5. The predicted molar refractivity (Wildman–Crippen MR) is 347 cm³/mol. The van der Waals surface area contributed by atoms with Crippen LogP contribution in [0.3, 0.4) is 0 Å². The summed E-state index contributed by atoms with van der Waals surface area (Å²) >= 11 is 0. The van der Waals surface area contributed by atoms with Gasteiger partial charge >= 0.3 is 5.97 Å². The molecule has 3 N–H and O–H groups in total. The van der Waals surface area contributed by atoms with Crippen LogP contribution in [-0.4, -0.2) is 47.4 Å². The third-order valence-corrected chi connectivity index (χ3v) is 17.7. The second-order valence-corrected chi connectivity index (χ2v) is 25.6. The van der Waals surface area contributed by atoms with Gasteiger partial charge in [0.25, 0.3) is 0 Å². The monoisotopic (exact) mass is 1120 g/mol. The number of nitrogens with one attached hydrogen (secondary N) is 1. The van der Waals surface area contributed by atoms with Gasteiger partial charge < -0.3 is 20.3 Å². The number of carbonyl (C=O) groups is 2. The molecule has 0 aromatic rings. The van der Waals surface area contributed by atoms with Gasteiger partial charge in [-0.1, -0.05) is 393 Å². The lowest BCUT2D eigenvalue weighted by molar-refractivity contribution is -0.143. The van der Waals surface area contributed by atoms with Crippen molar-refractivity contribution in [2.75, 3.05) is 13.2 Å². The van der Waals surface area contributed by atoms with Crippen LogP contribution in [0, 0.1) is 0 Å². The first-order valence-corrected chi connectivity index (χ1v) is 36.8. The van der Waals surface area contributed by atoms with E-state index >= 15 is 0 Å². The lowest BCUT2D eigenvalue weighted by atomic mass is 10.0. The molecule has 0 aromatic carbocycles. The molecule has 0 fully saturated rings. The summed E-state index contributed by atoms with van der Waals surface area (Å²) in [6.45, 7) is 5.00. The molecule has 2 atom stereocenters. The molecule has 0 bridgehead atoms. The summed E-state index contributed by atoms with van der Waals surface area (Å²) in [6, 6.07) is -0.540. The maximum absolute atomic E-state index is 12.6. The van der Waals surface area contributed by atoms with E-state index in [0.717, 1.165) is 38.5 Å². The highest BCUT2D eigenvalue weighted by molar-refractivity contribution is 5.76. The van der Waals surface area contributed by atoms with Crippen molar-refractivity contribution in [2.24, 2.45) is 0 Å². The van der Waals surface area contributed by atoms with Gasteiger partial charge in [0, 0.05) is 12.8 Å². The molecular formula is C73H145NO5. The van der Waals surface area contributed by atoms with Crippen LogP contribution in [0.25, 0.3) is 0 Å². The number of hydrogen-bond donors (Lipinski definition) is 3. The van der Waals surface area contributed by atoms with Crippen molar-refractivity contribution in [2.45, 2.75) is 443 Å². The third-order valence-electron chi connectivity index (χ3n) is 17.7. The van der Waals surface area contributed by atoms with Crippen molar-refractivity contribution >= 4 is 11.9 Å². The molecule has 0 aliphatic carbocycles. The molecule has 6 heteroatoms. The van der Waals surface area contributed by atoms with E-state index in [1.807, 2.05) is 0 Å². The molecule has 0 aliphatic rings. The van der Waals surface area contributed by atoms with E-state index in [0.29, 0.717) is 25.9 Å². The zero-order valence-corrected chi connectivity index (χ0v) is 54.2.